The number of epoxide rings is 1. The number of methoxy groups -OCH3 is 1. The molecule has 2 aliphatic rings. The fraction of sp³-hybridized carbons (Fsp3) is 0.889. The summed E-state index contributed by atoms with van der Waals surface area (Å²) in [6.07, 6.45) is 2.28. The monoisotopic (exact) mass is 220 g/mol. The lowest BCUT2D eigenvalue weighted by atomic mass is 9.96. The summed E-state index contributed by atoms with van der Waals surface area (Å²) in [5.41, 5.74) is -0.544. The van der Waals surface area contributed by atoms with Crippen molar-refractivity contribution in [2.24, 2.45) is 0 Å². The smallest absolute Gasteiger partial charge is 0.357 e. The lowest BCUT2D eigenvalue weighted by Crippen LogP contribution is -2.30. The summed E-state index contributed by atoms with van der Waals surface area (Å²) >= 11 is 6.05. The molecule has 2 saturated heterocycles. The van der Waals surface area contributed by atoms with Gasteiger partial charge in [-0.15, -0.1) is 0 Å². The lowest BCUT2D eigenvalue weighted by Gasteiger charge is -2.09. The van der Waals surface area contributed by atoms with Gasteiger partial charge in [0.1, 0.15) is 5.60 Å². The minimum Gasteiger partial charge on any atom is -0.466 e. The summed E-state index contributed by atoms with van der Waals surface area (Å²) in [6.45, 7) is 1.30. The van der Waals surface area contributed by atoms with Gasteiger partial charge in [-0.3, -0.25) is 0 Å². The van der Waals surface area contributed by atoms with Crippen LogP contribution in [0.25, 0.3) is 0 Å². The van der Waals surface area contributed by atoms with Crippen LogP contribution in [0, 0.1) is 0 Å². The first-order chi connectivity index (χ1) is 6.65. The molecule has 0 amide bonds. The van der Waals surface area contributed by atoms with Crippen LogP contribution in [-0.2, 0) is 19.0 Å². The molecular formula is C9H13ClO4. The van der Waals surface area contributed by atoms with Crippen molar-refractivity contribution < 1.29 is 19.0 Å². The van der Waals surface area contributed by atoms with Gasteiger partial charge in [-0.05, 0) is 12.8 Å². The fourth-order valence-electron chi connectivity index (χ4n) is 1.95. The number of hydrogen-bond donors (Lipinski definition) is 0. The van der Waals surface area contributed by atoms with Crippen molar-refractivity contribution in [3.63, 3.8) is 0 Å². The average Bonchev–Trinajstić information content (AvgIpc) is 2.86. The van der Waals surface area contributed by atoms with E-state index in [2.05, 4.69) is 4.74 Å². The fourth-order valence-corrected chi connectivity index (χ4v) is 2.36. The minimum atomic E-state index is -1.25. The molecule has 2 rings (SSSR count). The maximum Gasteiger partial charge on any atom is 0.357 e. The standard InChI is InChI=1S/C9H13ClO4/c1-12-7(11)9(10)8(14-9)3-2-5-13-6-4-8/h2-6H2,1H3. The van der Waals surface area contributed by atoms with Crippen LogP contribution in [0.3, 0.4) is 0 Å². The Bertz CT molecular complexity index is 247. The first kappa shape index (κ1) is 10.2. The topological polar surface area (TPSA) is 48.1 Å². The van der Waals surface area contributed by atoms with Crippen molar-refractivity contribution in [3.05, 3.63) is 0 Å². The van der Waals surface area contributed by atoms with Gasteiger partial charge in [-0.25, -0.2) is 4.79 Å². The van der Waals surface area contributed by atoms with Crippen LogP contribution >= 0.6 is 11.6 Å². The highest BCUT2D eigenvalue weighted by molar-refractivity contribution is 6.35. The summed E-state index contributed by atoms with van der Waals surface area (Å²) in [7, 11) is 1.31. The van der Waals surface area contributed by atoms with Crippen LogP contribution < -0.4 is 0 Å². The molecule has 14 heavy (non-hydrogen) atoms. The van der Waals surface area contributed by atoms with Crippen LogP contribution in [0.1, 0.15) is 19.3 Å². The zero-order chi connectivity index (χ0) is 10.2. The summed E-state index contributed by atoms with van der Waals surface area (Å²) in [6, 6.07) is 0. The molecular weight excluding hydrogens is 208 g/mol. The second-order valence-corrected chi connectivity index (χ2v) is 4.18. The van der Waals surface area contributed by atoms with Crippen molar-refractivity contribution in [3.8, 4) is 0 Å². The van der Waals surface area contributed by atoms with E-state index in [0.717, 1.165) is 12.8 Å². The minimum absolute atomic E-state index is 0.499. The quantitative estimate of drug-likeness (QED) is 0.377. The molecule has 2 heterocycles. The molecule has 2 atom stereocenters. The van der Waals surface area contributed by atoms with E-state index in [4.69, 9.17) is 21.1 Å². The highest BCUT2D eigenvalue weighted by Gasteiger charge is 2.74. The third kappa shape index (κ3) is 1.33. The Kier molecular flexibility index (Phi) is 2.45. The molecule has 0 saturated carbocycles. The predicted octanol–water partition coefficient (Wildman–Crippen LogP) is 1.06. The highest BCUT2D eigenvalue weighted by atomic mass is 35.5. The second kappa shape index (κ2) is 3.36. The molecule has 0 aliphatic carbocycles. The van der Waals surface area contributed by atoms with Crippen molar-refractivity contribution in [1.29, 1.82) is 0 Å². The lowest BCUT2D eigenvalue weighted by molar-refractivity contribution is -0.143. The van der Waals surface area contributed by atoms with Gasteiger partial charge in [0.2, 0.25) is 0 Å². The Morgan fingerprint density at radius 3 is 2.93 bits per heavy atom. The van der Waals surface area contributed by atoms with Crippen LogP contribution in [0.4, 0.5) is 0 Å². The molecule has 0 radical (unpaired) electrons. The maximum absolute atomic E-state index is 11.4. The molecule has 0 aromatic carbocycles. The zero-order valence-corrected chi connectivity index (χ0v) is 8.80. The molecule has 80 valence electrons. The van der Waals surface area contributed by atoms with E-state index in [9.17, 15) is 4.79 Å². The number of halogens is 1. The second-order valence-electron chi connectivity index (χ2n) is 3.65. The van der Waals surface area contributed by atoms with Crippen LogP contribution in [0.5, 0.6) is 0 Å². The number of carbonyl (C=O) groups is 1. The van der Waals surface area contributed by atoms with Crippen molar-refractivity contribution in [1.82, 2.24) is 0 Å². The highest BCUT2D eigenvalue weighted by Crippen LogP contribution is 2.57. The van der Waals surface area contributed by atoms with Crippen LogP contribution in [0.15, 0.2) is 0 Å². The number of alkyl halides is 1. The first-order valence-corrected chi connectivity index (χ1v) is 5.08. The van der Waals surface area contributed by atoms with Gasteiger partial charge in [0.25, 0.3) is 5.06 Å². The van der Waals surface area contributed by atoms with E-state index in [1.165, 1.54) is 7.11 Å². The number of rotatable bonds is 1. The van der Waals surface area contributed by atoms with E-state index in [0.29, 0.717) is 19.6 Å². The van der Waals surface area contributed by atoms with Gasteiger partial charge >= 0.3 is 5.97 Å². The molecule has 2 aliphatic heterocycles. The van der Waals surface area contributed by atoms with E-state index < -0.39 is 16.6 Å². The molecule has 0 bridgehead atoms. The van der Waals surface area contributed by atoms with Crippen LogP contribution in [0.2, 0.25) is 0 Å². The van der Waals surface area contributed by atoms with Crippen molar-refractivity contribution >= 4 is 17.6 Å². The Labute approximate surface area is 87.5 Å². The van der Waals surface area contributed by atoms with E-state index >= 15 is 0 Å². The molecule has 0 N–H and O–H groups in total. The normalized spacial score (nSPS) is 41.9. The molecule has 4 nitrogen and oxygen atoms in total. The molecule has 2 fully saturated rings. The number of ether oxygens (including phenoxy) is 3. The molecule has 1 spiro atoms. The van der Waals surface area contributed by atoms with Gasteiger partial charge in [0, 0.05) is 19.6 Å². The van der Waals surface area contributed by atoms with Gasteiger partial charge in [-0.2, -0.15) is 0 Å². The molecule has 2 unspecified atom stereocenters. The van der Waals surface area contributed by atoms with Gasteiger partial charge in [0.15, 0.2) is 0 Å². The van der Waals surface area contributed by atoms with Gasteiger partial charge in [-0.1, -0.05) is 11.6 Å². The Morgan fingerprint density at radius 1 is 1.43 bits per heavy atom. The molecule has 5 heteroatoms. The van der Waals surface area contributed by atoms with E-state index in [-0.39, 0.29) is 0 Å². The first-order valence-electron chi connectivity index (χ1n) is 4.70. The Morgan fingerprint density at radius 2 is 2.21 bits per heavy atom. The third-order valence-corrected chi connectivity index (χ3v) is 3.42. The number of hydrogen-bond acceptors (Lipinski definition) is 4. The predicted molar refractivity (Wildman–Crippen MR) is 49.1 cm³/mol. The summed E-state index contributed by atoms with van der Waals surface area (Å²) < 4.78 is 15.3. The Balaban J connectivity index is 2.09. The van der Waals surface area contributed by atoms with E-state index in [1.807, 2.05) is 0 Å². The van der Waals surface area contributed by atoms with Crippen molar-refractivity contribution in [2.45, 2.75) is 29.9 Å². The summed E-state index contributed by atoms with van der Waals surface area (Å²) in [4.78, 5) is 11.4. The van der Waals surface area contributed by atoms with Gasteiger partial charge < -0.3 is 14.2 Å². The largest absolute Gasteiger partial charge is 0.466 e. The van der Waals surface area contributed by atoms with E-state index in [1.54, 1.807) is 0 Å². The third-order valence-electron chi connectivity index (χ3n) is 2.85. The zero-order valence-electron chi connectivity index (χ0n) is 8.05. The van der Waals surface area contributed by atoms with Crippen molar-refractivity contribution in [2.75, 3.05) is 20.3 Å². The summed E-state index contributed by atoms with van der Waals surface area (Å²) in [5, 5.41) is -1.25. The SMILES string of the molecule is COC(=O)C1(Cl)OC12CCCOCC2. The molecule has 0 aromatic rings. The summed E-state index contributed by atoms with van der Waals surface area (Å²) in [5.74, 6) is -0.499. The average molecular weight is 221 g/mol. The van der Waals surface area contributed by atoms with Gasteiger partial charge in [0.05, 0.1) is 7.11 Å². The maximum atomic E-state index is 11.4. The molecule has 0 aromatic heterocycles. The Hall–Kier alpha value is -0.320. The van der Waals surface area contributed by atoms with Crippen LogP contribution in [-0.4, -0.2) is 37.0 Å². The number of esters is 1. The number of carbonyl (C=O) groups excluding carboxylic acids is 1.